The van der Waals surface area contributed by atoms with Gasteiger partial charge in [-0.3, -0.25) is 4.31 Å². The Morgan fingerprint density at radius 1 is 0.840 bits per heavy atom. The highest BCUT2D eigenvalue weighted by Crippen LogP contribution is 2.41. The van der Waals surface area contributed by atoms with E-state index >= 15 is 0 Å². The summed E-state index contributed by atoms with van der Waals surface area (Å²) in [6.07, 6.45) is 4.80. The van der Waals surface area contributed by atoms with Crippen molar-refractivity contribution in [2.45, 2.75) is 36.8 Å². The summed E-state index contributed by atoms with van der Waals surface area (Å²) in [6.45, 7) is 5.16. The minimum absolute atomic E-state index is 0.102. The van der Waals surface area contributed by atoms with Gasteiger partial charge in [-0.2, -0.15) is 0 Å². The van der Waals surface area contributed by atoms with E-state index in [2.05, 4.69) is 28.9 Å². The van der Waals surface area contributed by atoms with Crippen molar-refractivity contribution in [3.63, 3.8) is 0 Å². The highest BCUT2D eigenvalue weighted by Gasteiger charge is 2.23. The maximum Gasteiger partial charge on any atom is 0.234 e. The van der Waals surface area contributed by atoms with E-state index in [4.69, 9.17) is 4.98 Å². The van der Waals surface area contributed by atoms with E-state index < -0.39 is 19.9 Å². The molecule has 1 aliphatic rings. The van der Waals surface area contributed by atoms with E-state index in [9.17, 15) is 16.8 Å². The molecular formula is C40H42N4O4S2. The molecule has 0 amide bonds. The Bertz CT molecular complexity index is 2330. The van der Waals surface area contributed by atoms with Crippen LogP contribution >= 0.6 is 0 Å². The number of benzene rings is 4. The Kier molecular flexibility index (Phi) is 9.52. The van der Waals surface area contributed by atoms with Gasteiger partial charge >= 0.3 is 0 Å². The normalized spacial score (nSPS) is 14.8. The second kappa shape index (κ2) is 14.0. The molecule has 258 valence electrons. The molecule has 50 heavy (non-hydrogen) atoms. The zero-order valence-corrected chi connectivity index (χ0v) is 30.1. The highest BCUT2D eigenvalue weighted by atomic mass is 32.2. The number of sulfonamides is 1. The largest absolute Gasteiger partial charge is 0.339 e. The Morgan fingerprint density at radius 2 is 1.52 bits per heavy atom. The number of hydrogen-bond donors (Lipinski definition) is 1. The van der Waals surface area contributed by atoms with Gasteiger partial charge in [0.05, 0.1) is 22.1 Å². The van der Waals surface area contributed by atoms with Crippen LogP contribution in [0.25, 0.3) is 44.2 Å². The van der Waals surface area contributed by atoms with Gasteiger partial charge in [-0.15, -0.1) is 0 Å². The molecule has 0 aliphatic carbocycles. The average molecular weight is 707 g/mol. The van der Waals surface area contributed by atoms with Crippen molar-refractivity contribution in [1.82, 2.24) is 14.9 Å². The van der Waals surface area contributed by atoms with E-state index in [1.54, 1.807) is 37.4 Å². The Morgan fingerprint density at radius 3 is 2.22 bits per heavy atom. The molecule has 6 aromatic rings. The predicted octanol–water partition coefficient (Wildman–Crippen LogP) is 7.91. The van der Waals surface area contributed by atoms with Crippen molar-refractivity contribution in [2.24, 2.45) is 5.92 Å². The molecule has 0 radical (unpaired) electrons. The lowest BCUT2D eigenvalue weighted by Crippen LogP contribution is -2.35. The number of likely N-dealkylation sites (tertiary alicyclic amines) is 1. The van der Waals surface area contributed by atoms with Crippen molar-refractivity contribution in [3.8, 4) is 22.3 Å². The Labute approximate surface area is 294 Å². The van der Waals surface area contributed by atoms with Crippen LogP contribution in [0.2, 0.25) is 0 Å². The monoisotopic (exact) mass is 706 g/mol. The van der Waals surface area contributed by atoms with Crippen LogP contribution in [0.1, 0.15) is 31.7 Å². The Balaban J connectivity index is 1.21. The number of piperidine rings is 1. The number of H-pyrrole nitrogens is 1. The van der Waals surface area contributed by atoms with Crippen LogP contribution in [0.3, 0.4) is 0 Å². The number of rotatable bonds is 11. The molecule has 0 spiro atoms. The quantitative estimate of drug-likeness (QED) is 0.147. The molecule has 0 saturated carbocycles. The molecule has 0 bridgehead atoms. The van der Waals surface area contributed by atoms with Gasteiger partial charge in [0.1, 0.15) is 5.65 Å². The fourth-order valence-electron chi connectivity index (χ4n) is 6.95. The van der Waals surface area contributed by atoms with Gasteiger partial charge < -0.3 is 9.88 Å². The number of aromatic amines is 1. The van der Waals surface area contributed by atoms with Gasteiger partial charge in [-0.25, -0.2) is 21.8 Å². The van der Waals surface area contributed by atoms with Gasteiger partial charge in [0.15, 0.2) is 9.84 Å². The van der Waals surface area contributed by atoms with Gasteiger partial charge in [0.2, 0.25) is 10.0 Å². The summed E-state index contributed by atoms with van der Waals surface area (Å²) >= 11 is 0. The number of hydrogen-bond acceptors (Lipinski definition) is 6. The molecule has 4 aromatic carbocycles. The zero-order valence-electron chi connectivity index (χ0n) is 28.4. The molecular weight excluding hydrogens is 665 g/mol. The first-order valence-electron chi connectivity index (χ1n) is 17.1. The fourth-order valence-corrected chi connectivity index (χ4v) is 9.52. The molecule has 0 atom stereocenters. The minimum Gasteiger partial charge on any atom is -0.339 e. The topological polar surface area (TPSA) is 103 Å². The molecule has 2 aromatic heterocycles. The van der Waals surface area contributed by atoms with Crippen LogP contribution in [-0.4, -0.2) is 64.1 Å². The van der Waals surface area contributed by atoms with Gasteiger partial charge in [-0.1, -0.05) is 73.7 Å². The number of fused-ring (bicyclic) bond motifs is 3. The van der Waals surface area contributed by atoms with Crippen LogP contribution in [0.4, 0.5) is 5.69 Å². The summed E-state index contributed by atoms with van der Waals surface area (Å²) in [6, 6.07) is 31.9. The van der Waals surface area contributed by atoms with E-state index in [0.717, 1.165) is 64.1 Å². The summed E-state index contributed by atoms with van der Waals surface area (Å²) in [5.41, 5.74) is 6.59. The lowest BCUT2D eigenvalue weighted by Gasteiger charge is -2.30. The first-order chi connectivity index (χ1) is 24.1. The lowest BCUT2D eigenvalue weighted by atomic mass is 9.92. The molecule has 7 rings (SSSR count). The minimum atomic E-state index is -3.54. The standard InChI is InChI=1S/C40H42N4O4S2/c1-29-20-23-44(24-21-29)22-9-25-50(47,48)43(2)33-17-15-31(16-18-33)36-27-41-40-39(38(36)32-10-5-3-6-11-32)35-26-30(14-19-37(35)42-40)28-49(45,46)34-12-7-4-8-13-34/h3-8,10-19,26-27,29H,9,20-25,28H2,1-2H3,(H,41,42). The predicted molar refractivity (Wildman–Crippen MR) is 203 cm³/mol. The lowest BCUT2D eigenvalue weighted by molar-refractivity contribution is 0.193. The van der Waals surface area contributed by atoms with E-state index in [1.165, 1.54) is 17.1 Å². The van der Waals surface area contributed by atoms with Crippen LogP contribution in [0, 0.1) is 5.92 Å². The summed E-state index contributed by atoms with van der Waals surface area (Å²) in [7, 11) is -5.41. The summed E-state index contributed by atoms with van der Waals surface area (Å²) < 4.78 is 54.5. The third-order valence-electron chi connectivity index (χ3n) is 9.92. The second-order valence-electron chi connectivity index (χ2n) is 13.4. The number of nitrogens with zero attached hydrogens (tertiary/aromatic N) is 3. The van der Waals surface area contributed by atoms with Crippen molar-refractivity contribution in [2.75, 3.05) is 36.7 Å². The maximum absolute atomic E-state index is 13.3. The van der Waals surface area contributed by atoms with E-state index in [-0.39, 0.29) is 11.5 Å². The average Bonchev–Trinajstić information content (AvgIpc) is 3.50. The number of sulfone groups is 1. The van der Waals surface area contributed by atoms with Crippen molar-refractivity contribution in [3.05, 3.63) is 115 Å². The van der Waals surface area contributed by atoms with Gasteiger partial charge in [0, 0.05) is 40.7 Å². The first kappa shape index (κ1) is 34.0. The van der Waals surface area contributed by atoms with Crippen LogP contribution in [0.5, 0.6) is 0 Å². The molecule has 3 heterocycles. The Hall–Kier alpha value is -4.51. The number of nitrogens with one attached hydrogen (secondary N) is 1. The zero-order chi connectivity index (χ0) is 34.9. The van der Waals surface area contributed by atoms with Crippen molar-refractivity contribution in [1.29, 1.82) is 0 Å². The molecule has 1 fully saturated rings. The van der Waals surface area contributed by atoms with Gasteiger partial charge in [-0.05, 0) is 97.9 Å². The molecule has 8 nitrogen and oxygen atoms in total. The molecule has 1 N–H and O–H groups in total. The number of aromatic nitrogens is 2. The van der Waals surface area contributed by atoms with E-state index in [1.807, 2.05) is 66.9 Å². The van der Waals surface area contributed by atoms with Gasteiger partial charge in [0.25, 0.3) is 0 Å². The molecule has 1 saturated heterocycles. The smallest absolute Gasteiger partial charge is 0.234 e. The number of pyridine rings is 1. The second-order valence-corrected chi connectivity index (χ2v) is 17.5. The van der Waals surface area contributed by atoms with Crippen LogP contribution in [-0.2, 0) is 25.6 Å². The molecule has 10 heteroatoms. The SMILES string of the molecule is CC1CCN(CCCS(=O)(=O)N(C)c2ccc(-c3cnc4[nH]c5ccc(CS(=O)(=O)c6ccccc6)cc5c4c3-c3ccccc3)cc2)CC1. The third-order valence-corrected chi connectivity index (χ3v) is 13.5. The van der Waals surface area contributed by atoms with E-state index in [0.29, 0.717) is 28.2 Å². The summed E-state index contributed by atoms with van der Waals surface area (Å²) in [5, 5.41) is 1.78. The molecule has 1 aliphatic heterocycles. The molecule has 0 unspecified atom stereocenters. The number of anilines is 1. The van der Waals surface area contributed by atoms with Crippen molar-refractivity contribution >= 4 is 47.5 Å². The first-order valence-corrected chi connectivity index (χ1v) is 20.4. The van der Waals surface area contributed by atoms with Crippen molar-refractivity contribution < 1.29 is 16.8 Å². The third kappa shape index (κ3) is 7.06. The summed E-state index contributed by atoms with van der Waals surface area (Å²) in [4.78, 5) is 10.9. The fraction of sp³-hybridized carbons (Fsp3) is 0.275. The highest BCUT2D eigenvalue weighted by molar-refractivity contribution is 7.92. The maximum atomic E-state index is 13.3. The summed E-state index contributed by atoms with van der Waals surface area (Å²) in [5.74, 6) is 0.728. The van der Waals surface area contributed by atoms with Crippen LogP contribution < -0.4 is 4.31 Å². The van der Waals surface area contributed by atoms with Crippen LogP contribution in [0.15, 0.2) is 114 Å².